The Kier molecular flexibility index (Phi) is 6.02. The second-order valence-electron chi connectivity index (χ2n) is 9.07. The van der Waals surface area contributed by atoms with Gasteiger partial charge in [0.15, 0.2) is 5.82 Å². The molecule has 2 N–H and O–H groups in total. The number of rotatable bonds is 9. The van der Waals surface area contributed by atoms with Crippen LogP contribution in [0.2, 0.25) is 0 Å². The van der Waals surface area contributed by atoms with Crippen LogP contribution < -0.4 is 5.69 Å². The monoisotopic (exact) mass is 473 g/mol. The van der Waals surface area contributed by atoms with E-state index in [1.807, 2.05) is 43.5 Å². The largest absolute Gasteiger partial charge is 0.481 e. The summed E-state index contributed by atoms with van der Waals surface area (Å²) >= 11 is 0. The first-order valence-corrected chi connectivity index (χ1v) is 11.8. The third-order valence-corrected chi connectivity index (χ3v) is 6.86. The predicted molar refractivity (Wildman–Crippen MR) is 129 cm³/mol. The molecule has 1 aromatic carbocycles. The van der Waals surface area contributed by atoms with Crippen molar-refractivity contribution in [1.29, 1.82) is 0 Å². The van der Waals surface area contributed by atoms with Crippen LogP contribution in [0.25, 0.3) is 22.5 Å². The first-order chi connectivity index (χ1) is 17.0. The van der Waals surface area contributed by atoms with Crippen molar-refractivity contribution in [2.75, 3.05) is 0 Å². The van der Waals surface area contributed by atoms with E-state index in [2.05, 4.69) is 32.5 Å². The zero-order chi connectivity index (χ0) is 24.5. The Morgan fingerprint density at radius 2 is 1.94 bits per heavy atom. The van der Waals surface area contributed by atoms with Gasteiger partial charge in [-0.25, -0.2) is 9.89 Å². The normalized spacial score (nSPS) is 19.1. The molecule has 3 atom stereocenters. The number of carboxylic acid groups (broad SMARTS) is 1. The second kappa shape index (κ2) is 9.28. The van der Waals surface area contributed by atoms with Crippen molar-refractivity contribution >= 4 is 5.97 Å². The second-order valence-corrected chi connectivity index (χ2v) is 9.07. The van der Waals surface area contributed by atoms with Crippen LogP contribution in [0.5, 0.6) is 0 Å². The minimum absolute atomic E-state index is 0.0629. The van der Waals surface area contributed by atoms with Crippen molar-refractivity contribution in [3.05, 3.63) is 70.7 Å². The summed E-state index contributed by atoms with van der Waals surface area (Å²) in [6.45, 7) is 4.36. The fourth-order valence-corrected chi connectivity index (χ4v) is 4.82. The summed E-state index contributed by atoms with van der Waals surface area (Å²) in [5.74, 6) is -0.841. The van der Waals surface area contributed by atoms with Gasteiger partial charge in [-0.1, -0.05) is 44.5 Å². The highest BCUT2D eigenvalue weighted by Crippen LogP contribution is 2.49. The standard InChI is InChI=1S/C25H27N7O3/c1-3-4-5-19-14-32(22-15(2)21(22)24(33)34)25(35)31(19)13-18-12-26-11-10-20(18)16-6-8-17(9-7-16)23-27-29-30-28-23/h6-12,14-15,21-22H,3-5,13H2,1-2H3,(H,33,34)(H,27,28,29,30). The minimum atomic E-state index is -0.851. The number of pyridine rings is 1. The Labute approximate surface area is 201 Å². The molecule has 3 aromatic heterocycles. The molecule has 3 unspecified atom stereocenters. The number of nitrogens with one attached hydrogen (secondary N) is 1. The number of carbonyl (C=O) groups is 1. The number of hydrogen-bond acceptors (Lipinski definition) is 6. The summed E-state index contributed by atoms with van der Waals surface area (Å²) in [4.78, 5) is 29.4. The Morgan fingerprint density at radius 1 is 1.17 bits per heavy atom. The maximum absolute atomic E-state index is 13.5. The van der Waals surface area contributed by atoms with E-state index in [-0.39, 0.29) is 17.6 Å². The van der Waals surface area contributed by atoms with Crippen LogP contribution in [-0.4, -0.2) is 45.8 Å². The zero-order valence-corrected chi connectivity index (χ0v) is 19.6. The van der Waals surface area contributed by atoms with Gasteiger partial charge in [-0.2, -0.15) is 0 Å². The van der Waals surface area contributed by atoms with Crippen LogP contribution in [0, 0.1) is 11.8 Å². The smallest absolute Gasteiger partial charge is 0.328 e. The molecule has 0 radical (unpaired) electrons. The van der Waals surface area contributed by atoms with Crippen molar-refractivity contribution < 1.29 is 9.90 Å². The Hall–Kier alpha value is -4.08. The summed E-state index contributed by atoms with van der Waals surface area (Å²) < 4.78 is 3.40. The first-order valence-electron chi connectivity index (χ1n) is 11.8. The van der Waals surface area contributed by atoms with Crippen molar-refractivity contribution in [2.45, 2.75) is 45.7 Å². The summed E-state index contributed by atoms with van der Waals surface area (Å²) in [7, 11) is 0. The van der Waals surface area contributed by atoms with E-state index in [0.717, 1.165) is 47.2 Å². The van der Waals surface area contributed by atoms with Gasteiger partial charge in [-0.15, -0.1) is 5.10 Å². The molecule has 1 fully saturated rings. The highest BCUT2D eigenvalue weighted by atomic mass is 16.4. The average Bonchev–Trinajstić information content (AvgIpc) is 3.18. The summed E-state index contributed by atoms with van der Waals surface area (Å²) in [5.41, 5.74) is 4.51. The summed E-state index contributed by atoms with van der Waals surface area (Å²) in [6.07, 6.45) is 8.09. The Bertz CT molecular complexity index is 1390. The van der Waals surface area contributed by atoms with Gasteiger partial charge in [0.2, 0.25) is 0 Å². The third kappa shape index (κ3) is 4.27. The molecule has 10 heteroatoms. The molecule has 5 rings (SSSR count). The topological polar surface area (TPSA) is 132 Å². The number of aromatic amines is 1. The van der Waals surface area contributed by atoms with E-state index in [0.29, 0.717) is 12.4 Å². The lowest BCUT2D eigenvalue weighted by Gasteiger charge is -2.12. The molecule has 0 aliphatic heterocycles. The van der Waals surface area contributed by atoms with Crippen LogP contribution >= 0.6 is 0 Å². The number of H-pyrrole nitrogens is 1. The van der Waals surface area contributed by atoms with Gasteiger partial charge in [0, 0.05) is 29.8 Å². The van der Waals surface area contributed by atoms with Crippen LogP contribution in [0.1, 0.15) is 44.0 Å². The molecule has 1 aliphatic rings. The van der Waals surface area contributed by atoms with Crippen molar-refractivity contribution in [3.63, 3.8) is 0 Å². The van der Waals surface area contributed by atoms with E-state index in [9.17, 15) is 14.7 Å². The number of aromatic nitrogens is 7. The highest BCUT2D eigenvalue weighted by Gasteiger charge is 2.54. The number of carboxylic acids is 1. The Morgan fingerprint density at radius 3 is 2.60 bits per heavy atom. The van der Waals surface area contributed by atoms with E-state index in [4.69, 9.17) is 0 Å². The quantitative estimate of drug-likeness (QED) is 0.382. The van der Waals surface area contributed by atoms with Gasteiger partial charge in [0.25, 0.3) is 0 Å². The fourth-order valence-electron chi connectivity index (χ4n) is 4.82. The van der Waals surface area contributed by atoms with Gasteiger partial charge in [-0.05, 0) is 51.9 Å². The molecule has 180 valence electrons. The highest BCUT2D eigenvalue weighted by molar-refractivity contribution is 5.74. The molecule has 3 heterocycles. The summed E-state index contributed by atoms with van der Waals surface area (Å²) in [6, 6.07) is 9.51. The van der Waals surface area contributed by atoms with E-state index < -0.39 is 11.9 Å². The molecule has 0 saturated heterocycles. The predicted octanol–water partition coefficient (Wildman–Crippen LogP) is 3.17. The minimum Gasteiger partial charge on any atom is -0.481 e. The molecule has 0 spiro atoms. The van der Waals surface area contributed by atoms with Gasteiger partial charge in [0.1, 0.15) is 0 Å². The number of aliphatic carboxylic acids is 1. The molecule has 0 amide bonds. The van der Waals surface area contributed by atoms with Crippen molar-refractivity contribution in [1.82, 2.24) is 34.7 Å². The first kappa shape index (κ1) is 22.7. The SMILES string of the molecule is CCCCc1cn(C2C(C)C2C(=O)O)c(=O)n1Cc1cnccc1-c1ccc(-c2nnn[nH]2)cc1. The number of hydrogen-bond donors (Lipinski definition) is 2. The average molecular weight is 474 g/mol. The maximum Gasteiger partial charge on any atom is 0.328 e. The van der Waals surface area contributed by atoms with Crippen LogP contribution in [-0.2, 0) is 17.8 Å². The van der Waals surface area contributed by atoms with E-state index in [1.165, 1.54) is 0 Å². The maximum atomic E-state index is 13.5. The lowest BCUT2D eigenvalue weighted by atomic mass is 10.00. The molecule has 35 heavy (non-hydrogen) atoms. The molecule has 1 saturated carbocycles. The Balaban J connectivity index is 1.49. The van der Waals surface area contributed by atoms with Gasteiger partial charge in [0.05, 0.1) is 18.5 Å². The number of imidazole rings is 1. The fraction of sp³-hybridized carbons (Fsp3) is 0.360. The zero-order valence-electron chi connectivity index (χ0n) is 19.6. The number of unbranched alkanes of at least 4 members (excludes halogenated alkanes) is 1. The van der Waals surface area contributed by atoms with Crippen LogP contribution in [0.4, 0.5) is 0 Å². The molecular weight excluding hydrogens is 446 g/mol. The number of nitrogens with zero attached hydrogens (tertiary/aromatic N) is 6. The van der Waals surface area contributed by atoms with Crippen molar-refractivity contribution in [2.24, 2.45) is 11.8 Å². The molecule has 10 nitrogen and oxygen atoms in total. The van der Waals surface area contributed by atoms with Gasteiger partial charge >= 0.3 is 11.7 Å². The van der Waals surface area contributed by atoms with E-state index in [1.54, 1.807) is 21.5 Å². The van der Waals surface area contributed by atoms with Crippen molar-refractivity contribution in [3.8, 4) is 22.5 Å². The molecule has 1 aliphatic carbocycles. The number of tetrazole rings is 1. The number of aryl methyl sites for hydroxylation is 1. The molecule has 0 bridgehead atoms. The third-order valence-electron chi connectivity index (χ3n) is 6.86. The van der Waals surface area contributed by atoms with Gasteiger partial charge in [-0.3, -0.25) is 18.9 Å². The van der Waals surface area contributed by atoms with Crippen LogP contribution in [0.15, 0.2) is 53.7 Å². The number of benzene rings is 1. The van der Waals surface area contributed by atoms with Gasteiger partial charge < -0.3 is 5.11 Å². The van der Waals surface area contributed by atoms with Crippen LogP contribution in [0.3, 0.4) is 0 Å². The molecular formula is C25H27N7O3. The lowest BCUT2D eigenvalue weighted by Crippen LogP contribution is -2.26. The summed E-state index contributed by atoms with van der Waals surface area (Å²) in [5, 5.41) is 23.4. The lowest BCUT2D eigenvalue weighted by molar-refractivity contribution is -0.139. The van der Waals surface area contributed by atoms with E-state index >= 15 is 0 Å². The molecule has 4 aromatic rings.